The van der Waals surface area contributed by atoms with Crippen LogP contribution in [0.5, 0.6) is 0 Å². The third-order valence-corrected chi connectivity index (χ3v) is 5.96. The van der Waals surface area contributed by atoms with Crippen molar-refractivity contribution >= 4 is 30.5 Å². The number of nitrogens with zero attached hydrogens (tertiary/aromatic N) is 4. The van der Waals surface area contributed by atoms with Crippen molar-refractivity contribution in [2.75, 3.05) is 5.73 Å². The first-order valence-corrected chi connectivity index (χ1v) is 10.8. The van der Waals surface area contributed by atoms with Gasteiger partial charge in [-0.05, 0) is 13.8 Å². The second kappa shape index (κ2) is 7.22. The molecule has 5 atom stereocenters. The molecule has 0 aromatic carbocycles. The smallest absolute Gasteiger partial charge is 0.365 e. The molecule has 0 amide bonds. The minimum atomic E-state index is -4.75. The lowest BCUT2D eigenvalue weighted by Crippen LogP contribution is -2.33. The number of carbonyl (C=O) groups excluding carboxylic acids is 1. The Hall–Kier alpha value is -2.15. The predicted molar refractivity (Wildman–Crippen MR) is 99.7 cm³/mol. The molecular formula is C16H22N5O8P. The van der Waals surface area contributed by atoms with Crippen LogP contribution in [0.25, 0.3) is 11.2 Å². The third-order valence-electron chi connectivity index (χ3n) is 4.90. The third kappa shape index (κ3) is 3.80. The minimum absolute atomic E-state index is 0.199. The van der Waals surface area contributed by atoms with Crippen LogP contribution in [0.4, 0.5) is 5.82 Å². The lowest BCUT2D eigenvalue weighted by Gasteiger charge is -2.26. The molecule has 2 aromatic heterocycles. The highest BCUT2D eigenvalue weighted by molar-refractivity contribution is 7.52. The van der Waals surface area contributed by atoms with Gasteiger partial charge in [0.2, 0.25) is 5.85 Å². The number of ether oxygens (including phenoxy) is 4. The molecule has 13 nitrogen and oxygen atoms in total. The van der Waals surface area contributed by atoms with Crippen molar-refractivity contribution in [3.8, 4) is 0 Å². The van der Waals surface area contributed by atoms with Crippen molar-refractivity contribution in [2.24, 2.45) is 0 Å². The summed E-state index contributed by atoms with van der Waals surface area (Å²) in [4.78, 5) is 42.9. The van der Waals surface area contributed by atoms with Gasteiger partial charge in [0.05, 0.1) is 12.4 Å². The second-order valence-electron chi connectivity index (χ2n) is 7.60. The van der Waals surface area contributed by atoms with Gasteiger partial charge < -0.3 is 34.5 Å². The average Bonchev–Trinajstić information content (AvgIpc) is 3.26. The lowest BCUT2D eigenvalue weighted by molar-refractivity contribution is -0.199. The number of imidazole rings is 1. The molecule has 0 radical (unpaired) electrons. The Labute approximate surface area is 170 Å². The standard InChI is InChI=1S/C16H22N5O8P/c1-7(22)26-9(30(23,24)25)4-8-11-12(29-16(2,3)28-11)15(27-8)21-6-20-10-13(17)18-5-19-14(10)21/h5-6,8-9,11-12,15H,4H2,1-3H3,(H2,17,18,19)(H2,23,24,25)/t8-,9?,11-,12-,15-/m1/s1. The molecule has 2 fully saturated rings. The van der Waals surface area contributed by atoms with E-state index in [0.29, 0.717) is 11.2 Å². The molecular weight excluding hydrogens is 421 g/mol. The van der Waals surface area contributed by atoms with Gasteiger partial charge in [-0.3, -0.25) is 13.9 Å². The summed E-state index contributed by atoms with van der Waals surface area (Å²) in [7, 11) is -4.75. The van der Waals surface area contributed by atoms with Gasteiger partial charge in [0, 0.05) is 13.3 Å². The summed E-state index contributed by atoms with van der Waals surface area (Å²) in [5, 5.41) is 0. The zero-order chi connectivity index (χ0) is 21.8. The summed E-state index contributed by atoms with van der Waals surface area (Å²) < 4.78 is 36.3. The van der Waals surface area contributed by atoms with Gasteiger partial charge in [-0.15, -0.1) is 0 Å². The van der Waals surface area contributed by atoms with Gasteiger partial charge in [-0.2, -0.15) is 0 Å². The summed E-state index contributed by atoms with van der Waals surface area (Å²) in [5.74, 6) is -3.25. The van der Waals surface area contributed by atoms with Crippen LogP contribution in [0, 0.1) is 0 Å². The fraction of sp³-hybridized carbons (Fsp3) is 0.625. The Morgan fingerprint density at radius 2 is 2.03 bits per heavy atom. The van der Waals surface area contributed by atoms with Crippen LogP contribution < -0.4 is 5.73 Å². The molecule has 14 heteroatoms. The number of hydrogen-bond donors (Lipinski definition) is 3. The number of aromatic nitrogens is 4. The number of nitrogens with two attached hydrogens (primary N) is 1. The molecule has 0 bridgehead atoms. The molecule has 4 N–H and O–H groups in total. The van der Waals surface area contributed by atoms with Crippen molar-refractivity contribution in [3.63, 3.8) is 0 Å². The molecule has 4 heterocycles. The van der Waals surface area contributed by atoms with E-state index in [1.54, 1.807) is 18.4 Å². The zero-order valence-corrected chi connectivity index (χ0v) is 17.3. The Bertz CT molecular complexity index is 1020. The van der Waals surface area contributed by atoms with Crippen LogP contribution in [0.1, 0.15) is 33.4 Å². The van der Waals surface area contributed by atoms with Crippen molar-refractivity contribution < 1.29 is 38.1 Å². The number of nitrogen functional groups attached to an aromatic ring is 1. The normalized spacial score (nSPS) is 29.1. The molecule has 0 aliphatic carbocycles. The maximum absolute atomic E-state index is 11.8. The molecule has 2 aliphatic heterocycles. The molecule has 1 unspecified atom stereocenters. The molecule has 4 rings (SSSR count). The van der Waals surface area contributed by atoms with E-state index in [4.69, 9.17) is 24.7 Å². The van der Waals surface area contributed by atoms with E-state index in [1.165, 1.54) is 12.7 Å². The van der Waals surface area contributed by atoms with Gasteiger partial charge >= 0.3 is 13.6 Å². The fourth-order valence-electron chi connectivity index (χ4n) is 3.77. The highest BCUT2D eigenvalue weighted by atomic mass is 31.2. The topological polar surface area (TPSA) is 181 Å². The molecule has 2 aliphatic rings. The van der Waals surface area contributed by atoms with E-state index >= 15 is 0 Å². The Morgan fingerprint density at radius 3 is 2.70 bits per heavy atom. The number of hydrogen-bond acceptors (Lipinski definition) is 10. The SMILES string of the molecule is CC(=O)OC(C[C@H]1O[C@@H](n2cnc3c(N)ncnc32)[C@@H]2OC(C)(C)O[C@@H]21)P(=O)(O)O. The van der Waals surface area contributed by atoms with E-state index < -0.39 is 49.7 Å². The van der Waals surface area contributed by atoms with Crippen LogP contribution in [0.3, 0.4) is 0 Å². The maximum atomic E-state index is 11.8. The molecule has 0 spiro atoms. The maximum Gasteiger partial charge on any atom is 0.365 e. The van der Waals surface area contributed by atoms with Gasteiger partial charge in [0.25, 0.3) is 0 Å². The zero-order valence-electron chi connectivity index (χ0n) is 16.4. The van der Waals surface area contributed by atoms with Gasteiger partial charge in [-0.25, -0.2) is 15.0 Å². The van der Waals surface area contributed by atoms with E-state index in [0.717, 1.165) is 6.92 Å². The number of fused-ring (bicyclic) bond motifs is 2. The van der Waals surface area contributed by atoms with Crippen molar-refractivity contribution in [1.82, 2.24) is 19.5 Å². The first kappa shape index (κ1) is 21.1. The van der Waals surface area contributed by atoms with E-state index in [1.807, 2.05) is 0 Å². The number of carbonyl (C=O) groups is 1. The number of anilines is 1. The summed E-state index contributed by atoms with van der Waals surface area (Å²) in [6.07, 6.45) is -0.433. The summed E-state index contributed by atoms with van der Waals surface area (Å²) in [5.41, 5.74) is 6.64. The molecule has 164 valence electrons. The molecule has 2 aromatic rings. The summed E-state index contributed by atoms with van der Waals surface area (Å²) in [6.45, 7) is 4.51. The number of esters is 1. The van der Waals surface area contributed by atoms with Gasteiger partial charge in [0.1, 0.15) is 24.1 Å². The lowest BCUT2D eigenvalue weighted by atomic mass is 10.1. The van der Waals surface area contributed by atoms with Crippen LogP contribution in [0.15, 0.2) is 12.7 Å². The van der Waals surface area contributed by atoms with Crippen LogP contribution >= 0.6 is 7.60 Å². The minimum Gasteiger partial charge on any atom is -0.449 e. The van der Waals surface area contributed by atoms with Crippen molar-refractivity contribution in [3.05, 3.63) is 12.7 Å². The quantitative estimate of drug-likeness (QED) is 0.425. The second-order valence-corrected chi connectivity index (χ2v) is 9.36. The largest absolute Gasteiger partial charge is 0.449 e. The molecule has 2 saturated heterocycles. The van der Waals surface area contributed by atoms with E-state index in [2.05, 4.69) is 15.0 Å². The van der Waals surface area contributed by atoms with E-state index in [9.17, 15) is 19.1 Å². The predicted octanol–water partition coefficient (Wildman–Crippen LogP) is 0.283. The van der Waals surface area contributed by atoms with Gasteiger partial charge in [0.15, 0.2) is 23.5 Å². The Balaban J connectivity index is 1.67. The monoisotopic (exact) mass is 443 g/mol. The van der Waals surface area contributed by atoms with Crippen LogP contribution in [-0.2, 0) is 28.3 Å². The van der Waals surface area contributed by atoms with E-state index in [-0.39, 0.29) is 12.2 Å². The Morgan fingerprint density at radius 1 is 1.33 bits per heavy atom. The summed E-state index contributed by atoms with van der Waals surface area (Å²) >= 11 is 0. The first-order chi connectivity index (χ1) is 14.0. The molecule has 0 saturated carbocycles. The van der Waals surface area contributed by atoms with Crippen LogP contribution in [-0.4, -0.2) is 65.2 Å². The fourth-order valence-corrected chi connectivity index (χ4v) is 4.54. The first-order valence-electron chi connectivity index (χ1n) is 9.13. The number of rotatable bonds is 5. The van der Waals surface area contributed by atoms with Gasteiger partial charge in [-0.1, -0.05) is 0 Å². The van der Waals surface area contributed by atoms with Crippen molar-refractivity contribution in [2.45, 2.75) is 63.4 Å². The highest BCUT2D eigenvalue weighted by Gasteiger charge is 2.57. The van der Waals surface area contributed by atoms with Crippen LogP contribution in [0.2, 0.25) is 0 Å². The van der Waals surface area contributed by atoms with Crippen molar-refractivity contribution in [1.29, 1.82) is 0 Å². The average molecular weight is 443 g/mol. The molecule has 30 heavy (non-hydrogen) atoms. The Kier molecular flexibility index (Phi) is 5.08. The highest BCUT2D eigenvalue weighted by Crippen LogP contribution is 2.49. The summed E-state index contributed by atoms with van der Waals surface area (Å²) in [6, 6.07) is 0.